The number of esters is 1. The monoisotopic (exact) mass is 520 g/mol. The van der Waals surface area contributed by atoms with Gasteiger partial charge < -0.3 is 24.7 Å². The first-order valence-electron chi connectivity index (χ1n) is 13.2. The van der Waals surface area contributed by atoms with E-state index in [2.05, 4.69) is 22.2 Å². The van der Waals surface area contributed by atoms with Crippen molar-refractivity contribution in [3.63, 3.8) is 0 Å². The summed E-state index contributed by atoms with van der Waals surface area (Å²) in [7, 11) is 1.28. The number of hydrogen-bond donors (Lipinski definition) is 2. The molecule has 2 atom stereocenters. The van der Waals surface area contributed by atoms with Crippen LogP contribution in [0.4, 0.5) is 4.79 Å². The lowest BCUT2D eigenvalue weighted by Gasteiger charge is -2.30. The van der Waals surface area contributed by atoms with E-state index in [4.69, 9.17) is 9.47 Å². The van der Waals surface area contributed by atoms with E-state index in [0.29, 0.717) is 24.5 Å². The fourth-order valence-corrected chi connectivity index (χ4v) is 4.86. The number of nitrogens with zero attached hydrogens (tertiary/aromatic N) is 2. The first kappa shape index (κ1) is 27.2. The molecule has 1 fully saturated rings. The fourth-order valence-electron chi connectivity index (χ4n) is 4.86. The number of likely N-dealkylation sites (tertiary alicyclic amines) is 1. The highest BCUT2D eigenvalue weighted by Crippen LogP contribution is 2.33. The molecule has 0 bridgehead atoms. The minimum absolute atomic E-state index is 0.0959. The number of nitrogens with one attached hydrogen (secondary N) is 2. The van der Waals surface area contributed by atoms with Crippen LogP contribution in [0.5, 0.6) is 0 Å². The van der Waals surface area contributed by atoms with Gasteiger partial charge in [0.15, 0.2) is 0 Å². The third-order valence-corrected chi connectivity index (χ3v) is 6.98. The molecular formula is C29H36N4O5. The smallest absolute Gasteiger partial charge is 0.407 e. The summed E-state index contributed by atoms with van der Waals surface area (Å²) in [5, 5.41) is 4.44. The van der Waals surface area contributed by atoms with Gasteiger partial charge in [-0.05, 0) is 48.1 Å². The predicted molar refractivity (Wildman–Crippen MR) is 145 cm³/mol. The van der Waals surface area contributed by atoms with Crippen LogP contribution < -0.4 is 5.32 Å². The van der Waals surface area contributed by atoms with Gasteiger partial charge in [-0.25, -0.2) is 14.6 Å². The van der Waals surface area contributed by atoms with Gasteiger partial charge in [-0.2, -0.15) is 0 Å². The van der Waals surface area contributed by atoms with Crippen LogP contribution in [0.3, 0.4) is 0 Å². The maximum Gasteiger partial charge on any atom is 0.407 e. The molecule has 9 nitrogen and oxygen atoms in total. The van der Waals surface area contributed by atoms with Gasteiger partial charge in [0.05, 0.1) is 37.2 Å². The Labute approximate surface area is 222 Å². The largest absolute Gasteiger partial charge is 0.462 e. The van der Waals surface area contributed by atoms with Crippen molar-refractivity contribution in [2.75, 3.05) is 20.3 Å². The number of ether oxygens (including phenoxy) is 2. The van der Waals surface area contributed by atoms with E-state index in [1.54, 1.807) is 17.2 Å². The summed E-state index contributed by atoms with van der Waals surface area (Å²) in [5.41, 5.74) is 2.30. The topological polar surface area (TPSA) is 114 Å². The molecule has 1 aliphatic rings. The maximum atomic E-state index is 13.4. The van der Waals surface area contributed by atoms with Crippen LogP contribution in [-0.2, 0) is 14.3 Å². The lowest BCUT2D eigenvalue weighted by molar-refractivity contribution is -0.135. The lowest BCUT2D eigenvalue weighted by Crippen LogP contribution is -2.51. The van der Waals surface area contributed by atoms with E-state index >= 15 is 0 Å². The Kier molecular flexibility index (Phi) is 8.66. The number of benzene rings is 2. The van der Waals surface area contributed by atoms with Crippen molar-refractivity contribution in [1.82, 2.24) is 20.2 Å². The zero-order valence-electron chi connectivity index (χ0n) is 22.5. The predicted octanol–water partition coefficient (Wildman–Crippen LogP) is 5.23. The van der Waals surface area contributed by atoms with Crippen molar-refractivity contribution in [2.45, 2.75) is 58.5 Å². The highest BCUT2D eigenvalue weighted by molar-refractivity contribution is 6.05. The number of methoxy groups -OCH3 is 1. The number of unbranched alkanes of at least 4 members (excludes halogenated alkanes) is 1. The van der Waals surface area contributed by atoms with Crippen LogP contribution in [0.1, 0.15) is 68.7 Å². The second-order valence-corrected chi connectivity index (χ2v) is 9.96. The Balaban J connectivity index is 1.55. The Morgan fingerprint density at radius 1 is 1.21 bits per heavy atom. The minimum Gasteiger partial charge on any atom is -0.462 e. The van der Waals surface area contributed by atoms with Gasteiger partial charge in [0.2, 0.25) is 5.91 Å². The van der Waals surface area contributed by atoms with E-state index in [9.17, 15) is 14.4 Å². The summed E-state index contributed by atoms with van der Waals surface area (Å²) in [6.45, 7) is 6.85. The summed E-state index contributed by atoms with van der Waals surface area (Å²) in [6.07, 6.45) is 4.58. The van der Waals surface area contributed by atoms with Gasteiger partial charge >= 0.3 is 12.1 Å². The van der Waals surface area contributed by atoms with Crippen molar-refractivity contribution in [2.24, 2.45) is 5.92 Å². The Hall–Kier alpha value is -3.88. The normalized spacial score (nSPS) is 16.0. The summed E-state index contributed by atoms with van der Waals surface area (Å²) in [6, 6.07) is 10.6. The van der Waals surface area contributed by atoms with Gasteiger partial charge in [0, 0.05) is 12.1 Å². The average Bonchev–Trinajstić information content (AvgIpc) is 3.60. The number of carbonyl (C=O) groups is 3. The molecule has 2 N–H and O–H groups in total. The van der Waals surface area contributed by atoms with E-state index in [0.717, 1.165) is 47.7 Å². The molecule has 9 heteroatoms. The molecule has 2 amide bonds. The highest BCUT2D eigenvalue weighted by Gasteiger charge is 2.37. The molecule has 2 heterocycles. The molecule has 38 heavy (non-hydrogen) atoms. The van der Waals surface area contributed by atoms with Crippen LogP contribution in [0.25, 0.3) is 22.0 Å². The number of aromatic amines is 1. The number of rotatable bonds is 9. The molecule has 2 aromatic carbocycles. The summed E-state index contributed by atoms with van der Waals surface area (Å²) in [5.74, 6) is 0.157. The van der Waals surface area contributed by atoms with Crippen molar-refractivity contribution in [3.05, 3.63) is 54.0 Å². The standard InChI is InChI=1S/C29H36N4O5/c1-5-6-15-38-28(35)22-10-7-9-19-16-20(12-13-21(19)22)23-17-30-26(31-23)24-11-8-14-33(24)27(34)25(18(2)3)32-29(36)37-4/h7,9-10,12-13,16-18,24-25H,5-6,8,11,14-15H2,1-4H3,(H,30,31)(H,32,36). The average molecular weight is 521 g/mol. The first-order chi connectivity index (χ1) is 18.3. The number of alkyl carbamates (subject to hydrolysis) is 1. The molecule has 0 saturated carbocycles. The lowest BCUT2D eigenvalue weighted by atomic mass is 10.0. The Morgan fingerprint density at radius 2 is 2.03 bits per heavy atom. The van der Waals surface area contributed by atoms with Crippen molar-refractivity contribution in [1.29, 1.82) is 0 Å². The number of H-pyrrole nitrogens is 1. The molecule has 1 saturated heterocycles. The maximum absolute atomic E-state index is 13.4. The molecule has 202 valence electrons. The van der Waals surface area contributed by atoms with Gasteiger partial charge in [0.25, 0.3) is 0 Å². The summed E-state index contributed by atoms with van der Waals surface area (Å²) in [4.78, 5) is 47.6. The van der Waals surface area contributed by atoms with Crippen molar-refractivity contribution >= 4 is 28.7 Å². The van der Waals surface area contributed by atoms with Crippen LogP contribution in [0.15, 0.2) is 42.6 Å². The Morgan fingerprint density at radius 3 is 2.76 bits per heavy atom. The van der Waals surface area contributed by atoms with E-state index in [1.165, 1.54) is 7.11 Å². The third kappa shape index (κ3) is 5.82. The van der Waals surface area contributed by atoms with Crippen LogP contribution >= 0.6 is 0 Å². The Bertz CT molecular complexity index is 1300. The SMILES string of the molecule is CCCCOC(=O)c1cccc2cc(-c3cnc(C4CCCN4C(=O)C(NC(=O)OC)C(C)C)[nH]3)ccc12. The summed E-state index contributed by atoms with van der Waals surface area (Å²) < 4.78 is 10.1. The fraction of sp³-hybridized carbons (Fsp3) is 0.448. The molecule has 1 aliphatic heterocycles. The molecule has 0 aliphatic carbocycles. The quantitative estimate of drug-likeness (QED) is 0.295. The highest BCUT2D eigenvalue weighted by atomic mass is 16.5. The first-order valence-corrected chi connectivity index (χ1v) is 13.2. The van der Waals surface area contributed by atoms with Crippen LogP contribution in [0.2, 0.25) is 0 Å². The summed E-state index contributed by atoms with van der Waals surface area (Å²) >= 11 is 0. The third-order valence-electron chi connectivity index (χ3n) is 6.98. The van der Waals surface area contributed by atoms with Crippen molar-refractivity contribution < 1.29 is 23.9 Å². The van der Waals surface area contributed by atoms with Crippen LogP contribution in [0, 0.1) is 5.92 Å². The second kappa shape index (κ2) is 12.1. The van der Waals surface area contributed by atoms with Gasteiger partial charge in [0.1, 0.15) is 11.9 Å². The van der Waals surface area contributed by atoms with E-state index in [1.807, 2.05) is 44.2 Å². The molecule has 0 spiro atoms. The molecule has 1 aromatic heterocycles. The zero-order valence-corrected chi connectivity index (χ0v) is 22.5. The van der Waals surface area contributed by atoms with E-state index < -0.39 is 12.1 Å². The zero-order chi connectivity index (χ0) is 27.2. The molecule has 0 radical (unpaired) electrons. The number of aromatic nitrogens is 2. The van der Waals surface area contributed by atoms with Gasteiger partial charge in [-0.15, -0.1) is 0 Å². The number of fused-ring (bicyclic) bond motifs is 1. The number of amides is 2. The molecule has 2 unspecified atom stereocenters. The molecule has 4 rings (SSSR count). The number of imidazole rings is 1. The molecular weight excluding hydrogens is 484 g/mol. The van der Waals surface area contributed by atoms with Gasteiger partial charge in [-0.1, -0.05) is 51.5 Å². The second-order valence-electron chi connectivity index (χ2n) is 9.96. The number of carbonyl (C=O) groups excluding carboxylic acids is 3. The van der Waals surface area contributed by atoms with Crippen molar-refractivity contribution in [3.8, 4) is 11.3 Å². The minimum atomic E-state index is -0.680. The van der Waals surface area contributed by atoms with Crippen LogP contribution in [-0.4, -0.2) is 59.1 Å². The van der Waals surface area contributed by atoms with E-state index in [-0.39, 0.29) is 23.8 Å². The van der Waals surface area contributed by atoms with Gasteiger partial charge in [-0.3, -0.25) is 4.79 Å². The number of hydrogen-bond acceptors (Lipinski definition) is 6. The molecule has 3 aromatic rings.